The normalized spacial score (nSPS) is 11.1. The fourth-order valence-electron chi connectivity index (χ4n) is 0.784. The van der Waals surface area contributed by atoms with E-state index in [0.29, 0.717) is 0 Å². The maximum Gasteiger partial charge on any atom is 0.294 e. The summed E-state index contributed by atoms with van der Waals surface area (Å²) in [6, 6.07) is 3.49. The van der Waals surface area contributed by atoms with E-state index in [1.807, 2.05) is 0 Å². The molecule has 10 heteroatoms. The zero-order valence-electron chi connectivity index (χ0n) is 8.65. The van der Waals surface area contributed by atoms with Crippen molar-refractivity contribution in [1.82, 2.24) is 0 Å². The van der Waals surface area contributed by atoms with Crippen LogP contribution in [0.5, 0.6) is 0 Å². The third-order valence-electron chi connectivity index (χ3n) is 1.42. The van der Waals surface area contributed by atoms with Crippen molar-refractivity contribution in [2.24, 2.45) is 0 Å². The number of rotatable bonds is 2. The summed E-state index contributed by atoms with van der Waals surface area (Å²) in [7, 11) is -8.68. The average Bonchev–Trinajstić information content (AvgIpc) is 2.01. The second kappa shape index (κ2) is 7.79. The molecule has 0 atom stereocenters. The summed E-state index contributed by atoms with van der Waals surface area (Å²) < 4.78 is 59.2. The molecule has 1 aromatic carbocycles. The molecule has 1 aromatic rings. The summed E-state index contributed by atoms with van der Waals surface area (Å²) >= 11 is 0. The van der Waals surface area contributed by atoms with E-state index in [9.17, 15) is 16.8 Å². The summed E-state index contributed by atoms with van der Waals surface area (Å²) in [5, 5.41) is 0. The monoisotopic (exact) mass is 316 g/mol. The third-order valence-corrected chi connectivity index (χ3v) is 3.16. The van der Waals surface area contributed by atoms with Gasteiger partial charge in [0.15, 0.2) is 0 Å². The first-order valence-electron chi connectivity index (χ1n) is 3.26. The minimum atomic E-state index is -4.34. The standard InChI is InChI=1S/C6H6O6S2.2K/c7-13(8,9)5-1-2-6(4-3-5)14(10,11)12;;/h1-4H,(H,7,8,9)(H,10,11,12);;. The van der Waals surface area contributed by atoms with Crippen LogP contribution in [-0.2, 0) is 20.2 Å². The van der Waals surface area contributed by atoms with Crippen molar-refractivity contribution in [2.75, 3.05) is 0 Å². The van der Waals surface area contributed by atoms with Gasteiger partial charge in [-0.1, -0.05) is 0 Å². The molecule has 2 radical (unpaired) electrons. The van der Waals surface area contributed by atoms with Crippen LogP contribution in [0, 0.1) is 0 Å². The van der Waals surface area contributed by atoms with E-state index < -0.39 is 30.0 Å². The Hall–Kier alpha value is 2.31. The molecule has 0 heterocycles. The molecular formula is C6H6K2O6S2. The first-order valence-corrected chi connectivity index (χ1v) is 6.14. The van der Waals surface area contributed by atoms with Gasteiger partial charge in [-0.3, -0.25) is 9.11 Å². The molecule has 0 aliphatic rings. The van der Waals surface area contributed by atoms with Gasteiger partial charge < -0.3 is 0 Å². The Labute approximate surface area is 179 Å². The van der Waals surface area contributed by atoms with Gasteiger partial charge in [-0.15, -0.1) is 0 Å². The molecule has 6 nitrogen and oxygen atoms in total. The van der Waals surface area contributed by atoms with Gasteiger partial charge in [0.2, 0.25) is 0 Å². The van der Waals surface area contributed by atoms with E-state index in [2.05, 4.69) is 0 Å². The predicted molar refractivity (Wildman–Crippen MR) is 57.6 cm³/mol. The Bertz CT molecular complexity index is 482. The molecule has 0 saturated heterocycles. The fraction of sp³-hybridized carbons (Fsp3) is 0. The third kappa shape index (κ3) is 6.47. The summed E-state index contributed by atoms with van der Waals surface area (Å²) in [6.45, 7) is 0. The van der Waals surface area contributed by atoms with Crippen LogP contribution in [0.15, 0.2) is 34.1 Å². The minimum Gasteiger partial charge on any atom is -0.282 e. The molecule has 0 fully saturated rings. The van der Waals surface area contributed by atoms with E-state index in [1.54, 1.807) is 0 Å². The van der Waals surface area contributed by atoms with Crippen molar-refractivity contribution in [1.29, 1.82) is 0 Å². The molecule has 80 valence electrons. The SMILES string of the molecule is O=S(=O)(O)c1ccc(S(=O)(=O)O)cc1.[K].[K]. The molecule has 2 N–H and O–H groups in total. The molecule has 0 aromatic heterocycles. The Morgan fingerprint density at radius 1 is 0.688 bits per heavy atom. The zero-order chi connectivity index (χ0) is 11.0. The molecule has 0 amide bonds. The Morgan fingerprint density at radius 3 is 1.00 bits per heavy atom. The molecule has 0 unspecified atom stereocenters. The predicted octanol–water partition coefficient (Wildman–Crippen LogP) is -0.582. The van der Waals surface area contributed by atoms with Gasteiger partial charge in [-0.25, -0.2) is 0 Å². The molecular weight excluding hydrogens is 310 g/mol. The minimum absolute atomic E-state index is 0. The molecule has 0 bridgehead atoms. The number of hydrogen-bond acceptors (Lipinski definition) is 4. The van der Waals surface area contributed by atoms with Crippen LogP contribution in [0.3, 0.4) is 0 Å². The summed E-state index contributed by atoms with van der Waals surface area (Å²) in [4.78, 5) is -0.880. The van der Waals surface area contributed by atoms with Crippen molar-refractivity contribution in [3.05, 3.63) is 24.3 Å². The maximum atomic E-state index is 10.5. The van der Waals surface area contributed by atoms with E-state index in [0.717, 1.165) is 24.3 Å². The Morgan fingerprint density at radius 2 is 0.875 bits per heavy atom. The Balaban J connectivity index is 0. The second-order valence-corrected chi connectivity index (χ2v) is 5.26. The smallest absolute Gasteiger partial charge is 0.282 e. The quantitative estimate of drug-likeness (QED) is 0.558. The molecule has 1 rings (SSSR count). The van der Waals surface area contributed by atoms with Crippen LogP contribution in [0.4, 0.5) is 0 Å². The number of benzene rings is 1. The van der Waals surface area contributed by atoms with Crippen molar-refractivity contribution in [2.45, 2.75) is 9.79 Å². The van der Waals surface area contributed by atoms with Crippen LogP contribution in [0.2, 0.25) is 0 Å². The fourth-order valence-corrected chi connectivity index (χ4v) is 1.74. The topological polar surface area (TPSA) is 109 Å². The summed E-state index contributed by atoms with van der Waals surface area (Å²) in [5.41, 5.74) is 0. The van der Waals surface area contributed by atoms with Gasteiger partial charge >= 0.3 is 0 Å². The second-order valence-electron chi connectivity index (χ2n) is 2.42. The van der Waals surface area contributed by atoms with Crippen LogP contribution in [0.1, 0.15) is 0 Å². The van der Waals surface area contributed by atoms with E-state index >= 15 is 0 Å². The first-order chi connectivity index (χ1) is 6.21. The van der Waals surface area contributed by atoms with Crippen molar-refractivity contribution in [3.8, 4) is 0 Å². The van der Waals surface area contributed by atoms with Crippen LogP contribution in [0.25, 0.3) is 0 Å². The molecule has 0 aliphatic carbocycles. The van der Waals surface area contributed by atoms with Gasteiger partial charge in [0, 0.05) is 103 Å². The summed E-state index contributed by atoms with van der Waals surface area (Å²) in [5.74, 6) is 0. The molecule has 0 spiro atoms. The van der Waals surface area contributed by atoms with E-state index in [4.69, 9.17) is 9.11 Å². The van der Waals surface area contributed by atoms with E-state index in [-0.39, 0.29) is 103 Å². The number of hydrogen-bond donors (Lipinski definition) is 2. The van der Waals surface area contributed by atoms with Gasteiger partial charge in [0.25, 0.3) is 20.2 Å². The average molecular weight is 316 g/mol. The van der Waals surface area contributed by atoms with Crippen LogP contribution < -0.4 is 0 Å². The molecule has 0 saturated carbocycles. The van der Waals surface area contributed by atoms with Crippen LogP contribution >= 0.6 is 0 Å². The van der Waals surface area contributed by atoms with Gasteiger partial charge in [0.1, 0.15) is 0 Å². The van der Waals surface area contributed by atoms with Crippen LogP contribution in [-0.4, -0.2) is 129 Å². The van der Waals surface area contributed by atoms with Gasteiger partial charge in [-0.05, 0) is 24.3 Å². The van der Waals surface area contributed by atoms with Gasteiger partial charge in [0.05, 0.1) is 9.79 Å². The van der Waals surface area contributed by atoms with Crippen molar-refractivity contribution < 1.29 is 25.9 Å². The molecule has 0 aliphatic heterocycles. The largest absolute Gasteiger partial charge is 0.294 e. The van der Waals surface area contributed by atoms with Crippen molar-refractivity contribution >= 4 is 123 Å². The molecule has 16 heavy (non-hydrogen) atoms. The van der Waals surface area contributed by atoms with E-state index in [1.165, 1.54) is 0 Å². The zero-order valence-corrected chi connectivity index (χ0v) is 16.5. The maximum absolute atomic E-state index is 10.5. The van der Waals surface area contributed by atoms with Gasteiger partial charge in [-0.2, -0.15) is 16.8 Å². The Kier molecular flexibility index (Phi) is 10.0. The summed E-state index contributed by atoms with van der Waals surface area (Å²) in [6.07, 6.45) is 0. The van der Waals surface area contributed by atoms with Crippen molar-refractivity contribution in [3.63, 3.8) is 0 Å². The first kappa shape index (κ1) is 20.6.